The Hall–Kier alpha value is -1.78. The molecule has 22 nitrogen and oxygen atoms in total. The van der Waals surface area contributed by atoms with Crippen LogP contribution in [0, 0.1) is 34.5 Å². The van der Waals surface area contributed by atoms with Crippen molar-refractivity contribution in [3.63, 3.8) is 0 Å². The van der Waals surface area contributed by atoms with Crippen LogP contribution >= 0.6 is 0 Å². The summed E-state index contributed by atoms with van der Waals surface area (Å²) in [4.78, 5) is 25.9. The fourth-order valence-electron chi connectivity index (χ4n) is 17.0. The van der Waals surface area contributed by atoms with Gasteiger partial charge < -0.3 is 96.2 Å². The van der Waals surface area contributed by atoms with Crippen LogP contribution in [-0.2, 0) is 85.4 Å². The first-order valence-electron chi connectivity index (χ1n) is 31.6. The van der Waals surface area contributed by atoms with Gasteiger partial charge in [0, 0.05) is 67.5 Å². The van der Waals surface area contributed by atoms with Crippen LogP contribution in [0.1, 0.15) is 166 Å². The molecule has 9 aliphatic rings. The summed E-state index contributed by atoms with van der Waals surface area (Å²) in [6, 6.07) is 0. The van der Waals surface area contributed by atoms with Gasteiger partial charge in [0.1, 0.15) is 48.3 Å². The molecule has 0 aromatic heterocycles. The fourth-order valence-corrected chi connectivity index (χ4v) is 17.0. The molecule has 0 unspecified atom stereocenters. The monoisotopic (exact) mass is 1200 g/mol. The van der Waals surface area contributed by atoms with E-state index >= 15 is 0 Å². The highest BCUT2D eigenvalue weighted by atomic mass is 16.8. The lowest BCUT2D eigenvalue weighted by molar-refractivity contribution is -0.351. The van der Waals surface area contributed by atoms with E-state index in [1.165, 1.54) is 6.92 Å². The first-order chi connectivity index (χ1) is 39.7. The molecule has 0 bridgehead atoms. The van der Waals surface area contributed by atoms with E-state index in [-0.39, 0.29) is 54.1 Å². The summed E-state index contributed by atoms with van der Waals surface area (Å²) in [5.41, 5.74) is -4.50. The number of aliphatic hydroxyl groups is 4. The van der Waals surface area contributed by atoms with Gasteiger partial charge >= 0.3 is 11.9 Å². The Bertz CT molecular complexity index is 2170. The Morgan fingerprint density at radius 2 is 1.02 bits per heavy atom. The molecule has 0 amide bonds. The van der Waals surface area contributed by atoms with Gasteiger partial charge in [0.2, 0.25) is 0 Å². The zero-order valence-corrected chi connectivity index (χ0v) is 52.6. The quantitative estimate of drug-likeness (QED) is 0.0883. The van der Waals surface area contributed by atoms with Crippen LogP contribution in [0.5, 0.6) is 0 Å². The Morgan fingerprint density at radius 1 is 0.560 bits per heavy atom. The lowest BCUT2D eigenvalue weighted by Gasteiger charge is -2.66. The predicted octanol–water partition coefficient (Wildman–Crippen LogP) is 5.78. The number of fused-ring (bicyclic) bond motifs is 5. The third kappa shape index (κ3) is 12.8. The molecule has 5 aliphatic heterocycles. The second-order valence-corrected chi connectivity index (χ2v) is 26.9. The molecule has 4 N–H and O–H groups in total. The van der Waals surface area contributed by atoms with Crippen molar-refractivity contribution < 1.29 is 106 Å². The molecular weight excluding hydrogens is 1100 g/mol. The molecule has 0 radical (unpaired) electrons. The number of methoxy groups -OCH3 is 4. The van der Waals surface area contributed by atoms with E-state index in [1.54, 1.807) is 49.2 Å². The van der Waals surface area contributed by atoms with Gasteiger partial charge in [0.25, 0.3) is 0 Å². The lowest BCUT2D eigenvalue weighted by atomic mass is 9.42. The smallest absolute Gasteiger partial charge is 0.309 e. The van der Waals surface area contributed by atoms with E-state index in [0.717, 1.165) is 32.1 Å². The van der Waals surface area contributed by atoms with Crippen LogP contribution in [0.4, 0.5) is 0 Å². The van der Waals surface area contributed by atoms with E-state index in [2.05, 4.69) is 6.92 Å². The zero-order valence-electron chi connectivity index (χ0n) is 52.6. The average molecular weight is 1200 g/mol. The lowest BCUT2D eigenvalue weighted by Crippen LogP contribution is -2.72. The number of rotatable bonds is 19. The summed E-state index contributed by atoms with van der Waals surface area (Å²) < 4.78 is 100. The van der Waals surface area contributed by atoms with Crippen molar-refractivity contribution in [1.82, 2.24) is 0 Å². The molecular formula is C62H104O22. The van der Waals surface area contributed by atoms with Crippen LogP contribution in [-0.4, -0.2) is 213 Å². The molecule has 22 heteroatoms. The number of hydrogen-bond acceptors (Lipinski definition) is 22. The standard InChI is InChI=1S/C62H104O22/c1-16-30(2)58(66)78-36(8)61(67)21-22-62(68)40-18-17-38-23-39(19-20-59(38,10)41(40)24-47(60(61,62)11)79-37(9)63)80-48-25-42(64)54(32(4)74-48)81-50-27-44(70-13)56(33(5)75-50)83-52-29-46(72-15)57(35(7)77-52)84-51-28-45(71-14)55(34(6)76-51)82-49-26-43(69-12)53(65)31(3)73-49/h30-36,38-57,64-65,67-68H,16-29H2,1-15H3/t30-,31-,32-,33-,34-,35-,36+,38+,39+,40-,41+,42+,43-,44+,45-,46-,47-,48+,49+,50+,51+,52+,53-,54-,55-,56-,57-,59+,60-,61-,62+/m1/s1. The summed E-state index contributed by atoms with van der Waals surface area (Å²) >= 11 is 0. The molecule has 4 aliphatic carbocycles. The number of ether oxygens (including phenoxy) is 16. The van der Waals surface area contributed by atoms with Crippen molar-refractivity contribution in [1.29, 1.82) is 0 Å². The number of esters is 2. The van der Waals surface area contributed by atoms with Gasteiger partial charge in [-0.05, 0) is 122 Å². The molecule has 5 saturated heterocycles. The van der Waals surface area contributed by atoms with Crippen LogP contribution in [0.3, 0.4) is 0 Å². The summed E-state index contributed by atoms with van der Waals surface area (Å²) in [5, 5.41) is 47.9. The Kier molecular flexibility index (Phi) is 21.4. The average Bonchev–Trinajstić information content (AvgIpc) is 1.41. The van der Waals surface area contributed by atoms with Gasteiger partial charge in [-0.15, -0.1) is 0 Å². The predicted molar refractivity (Wildman–Crippen MR) is 298 cm³/mol. The normalized spacial score (nSPS) is 50.5. The van der Waals surface area contributed by atoms with E-state index in [1.807, 2.05) is 41.5 Å². The molecule has 31 atom stereocenters. The Balaban J connectivity index is 0.748. The van der Waals surface area contributed by atoms with Crippen LogP contribution < -0.4 is 0 Å². The first kappa shape index (κ1) is 66.6. The molecule has 9 rings (SSSR count). The highest BCUT2D eigenvalue weighted by Gasteiger charge is 2.77. The van der Waals surface area contributed by atoms with Crippen LogP contribution in [0.25, 0.3) is 0 Å². The van der Waals surface area contributed by atoms with Crippen molar-refractivity contribution in [2.24, 2.45) is 34.5 Å². The highest BCUT2D eigenvalue weighted by Crippen LogP contribution is 2.71. The summed E-state index contributed by atoms with van der Waals surface area (Å²) in [5.74, 6) is -1.14. The third-order valence-corrected chi connectivity index (χ3v) is 22.3. The SMILES string of the molecule is CC[C@@H](C)C(=O)O[C@@H](C)[C@]1(O)CC[C@]2(O)[C@@H]3CC[C@H]4C[C@@H](O[C@H]5C[C@H](O)[C@H](O[C@H]6C[C@H](OC)[C@H](O[C@H]7C[C@@H](OC)[C@H](O[C@H]8C[C@@H](OC)[C@H](O[C@H]9C[C@@H](OC)[C@H](O)[C@@H](C)O9)[C@@H](C)O8)[C@@H](C)O7)[C@@H](C)O6)[C@@H](C)O5)CC[C@]4(C)[C@H]3C[C@@H](OC(C)=O)[C@]12C. The van der Waals surface area contributed by atoms with Gasteiger partial charge in [-0.25, -0.2) is 0 Å². The molecule has 0 aromatic carbocycles. The van der Waals surface area contributed by atoms with Gasteiger partial charge in [-0.2, -0.15) is 0 Å². The summed E-state index contributed by atoms with van der Waals surface area (Å²) in [6.45, 7) is 20.3. The highest BCUT2D eigenvalue weighted by molar-refractivity contribution is 5.72. The molecule has 0 spiro atoms. The Labute approximate surface area is 497 Å². The van der Waals surface area contributed by atoms with Gasteiger partial charge in [-0.1, -0.05) is 27.7 Å². The largest absolute Gasteiger partial charge is 0.462 e. The van der Waals surface area contributed by atoms with E-state index in [4.69, 9.17) is 75.8 Å². The minimum absolute atomic E-state index is 0.000515. The number of carbonyl (C=O) groups is 2. The molecule has 9 fully saturated rings. The fraction of sp³-hybridized carbons (Fsp3) is 0.968. The maximum atomic E-state index is 13.1. The van der Waals surface area contributed by atoms with Crippen molar-refractivity contribution in [2.45, 2.75) is 319 Å². The van der Waals surface area contributed by atoms with Gasteiger partial charge in [0.05, 0.1) is 84.1 Å². The van der Waals surface area contributed by atoms with E-state index in [0.29, 0.717) is 44.9 Å². The van der Waals surface area contributed by atoms with E-state index in [9.17, 15) is 30.0 Å². The zero-order chi connectivity index (χ0) is 61.0. The van der Waals surface area contributed by atoms with Crippen LogP contribution in [0.2, 0.25) is 0 Å². The Morgan fingerprint density at radius 3 is 1.50 bits per heavy atom. The maximum absolute atomic E-state index is 13.1. The number of hydrogen-bond donors (Lipinski definition) is 4. The van der Waals surface area contributed by atoms with Crippen molar-refractivity contribution in [3.8, 4) is 0 Å². The van der Waals surface area contributed by atoms with Crippen molar-refractivity contribution >= 4 is 11.9 Å². The molecule has 84 heavy (non-hydrogen) atoms. The number of carbonyl (C=O) groups excluding carboxylic acids is 2. The summed E-state index contributed by atoms with van der Waals surface area (Å²) in [7, 11) is 6.46. The molecule has 4 saturated carbocycles. The minimum Gasteiger partial charge on any atom is -0.462 e. The topological polar surface area (TPSA) is 263 Å². The van der Waals surface area contributed by atoms with Gasteiger partial charge in [0.15, 0.2) is 31.5 Å². The van der Waals surface area contributed by atoms with Crippen molar-refractivity contribution in [2.75, 3.05) is 28.4 Å². The van der Waals surface area contributed by atoms with Gasteiger partial charge in [-0.3, -0.25) is 9.59 Å². The maximum Gasteiger partial charge on any atom is 0.309 e. The summed E-state index contributed by atoms with van der Waals surface area (Å²) in [6.07, 6.45) is -5.93. The van der Waals surface area contributed by atoms with Crippen LogP contribution in [0.15, 0.2) is 0 Å². The third-order valence-electron chi connectivity index (χ3n) is 22.3. The first-order valence-corrected chi connectivity index (χ1v) is 31.6. The van der Waals surface area contributed by atoms with E-state index < -0.39 is 158 Å². The second kappa shape index (κ2) is 27.0. The number of aliphatic hydroxyl groups excluding tert-OH is 2. The molecule has 484 valence electrons. The molecule has 5 heterocycles. The minimum atomic E-state index is -1.63. The van der Waals surface area contributed by atoms with Crippen molar-refractivity contribution in [3.05, 3.63) is 0 Å². The molecule has 0 aromatic rings. The second-order valence-electron chi connectivity index (χ2n) is 26.9.